The minimum absolute atomic E-state index is 0.157. The summed E-state index contributed by atoms with van der Waals surface area (Å²) in [5.74, 6) is 0.733. The Morgan fingerprint density at radius 1 is 0.929 bits per heavy atom. The number of nitrogens with zero attached hydrogens (tertiary/aromatic N) is 2. The summed E-state index contributed by atoms with van der Waals surface area (Å²) in [4.78, 5) is 19.0. The molecule has 140 valence electrons. The van der Waals surface area contributed by atoms with E-state index in [-0.39, 0.29) is 6.03 Å². The minimum atomic E-state index is -0.157. The molecule has 2 aromatic heterocycles. The van der Waals surface area contributed by atoms with E-state index >= 15 is 0 Å². The smallest absolute Gasteiger partial charge is 0.318 e. The monoisotopic (exact) mass is 371 g/mol. The van der Waals surface area contributed by atoms with E-state index in [0.717, 1.165) is 27.8 Å². The lowest BCUT2D eigenvalue weighted by atomic mass is 10.0. The van der Waals surface area contributed by atoms with E-state index in [1.165, 1.54) is 0 Å². The number of aromatic nitrogens is 1. The summed E-state index contributed by atoms with van der Waals surface area (Å²) in [6.45, 7) is 1.24. The van der Waals surface area contributed by atoms with Crippen LogP contribution in [0.4, 0.5) is 4.79 Å². The zero-order valence-corrected chi connectivity index (χ0v) is 15.4. The van der Waals surface area contributed by atoms with E-state index in [1.807, 2.05) is 54.6 Å². The van der Waals surface area contributed by atoms with Gasteiger partial charge in [-0.3, -0.25) is 4.98 Å². The van der Waals surface area contributed by atoms with Gasteiger partial charge in [0.25, 0.3) is 0 Å². The maximum atomic E-state index is 12.9. The standard InChI is InChI=1S/C23H21N3O2/c27-23(25-15-19-9-5-8-18-7-1-2-12-22(18)19)26(17-21-11-6-14-28-21)16-20-10-3-4-13-24-20/h1-14H,15-17H2,(H,25,27). The SMILES string of the molecule is O=C(NCc1cccc2ccccc12)N(Cc1ccccn1)Cc1ccco1. The number of benzene rings is 2. The Morgan fingerprint density at radius 2 is 1.79 bits per heavy atom. The lowest BCUT2D eigenvalue weighted by molar-refractivity contribution is 0.186. The molecule has 0 bridgehead atoms. The molecular formula is C23H21N3O2. The van der Waals surface area contributed by atoms with Crippen LogP contribution in [0.2, 0.25) is 0 Å². The number of furan rings is 1. The number of rotatable bonds is 6. The van der Waals surface area contributed by atoms with Crippen molar-refractivity contribution in [3.8, 4) is 0 Å². The lowest BCUT2D eigenvalue weighted by Crippen LogP contribution is -2.38. The summed E-state index contributed by atoms with van der Waals surface area (Å²) >= 11 is 0. The Hall–Kier alpha value is -3.60. The van der Waals surface area contributed by atoms with E-state index in [0.29, 0.717) is 19.6 Å². The van der Waals surface area contributed by atoms with E-state index in [2.05, 4.69) is 28.5 Å². The van der Waals surface area contributed by atoms with E-state index < -0.39 is 0 Å². The number of nitrogens with one attached hydrogen (secondary N) is 1. The Balaban J connectivity index is 1.49. The maximum absolute atomic E-state index is 12.9. The summed E-state index contributed by atoms with van der Waals surface area (Å²) in [5.41, 5.74) is 1.91. The largest absolute Gasteiger partial charge is 0.467 e. The number of carbonyl (C=O) groups is 1. The maximum Gasteiger partial charge on any atom is 0.318 e. The van der Waals surface area contributed by atoms with Crippen LogP contribution in [0.1, 0.15) is 17.0 Å². The van der Waals surface area contributed by atoms with Crippen LogP contribution < -0.4 is 5.32 Å². The van der Waals surface area contributed by atoms with Crippen LogP contribution in [0, 0.1) is 0 Å². The first-order chi connectivity index (χ1) is 13.8. The molecule has 0 aliphatic carbocycles. The van der Waals surface area contributed by atoms with Crippen molar-refractivity contribution in [3.05, 3.63) is 102 Å². The van der Waals surface area contributed by atoms with Gasteiger partial charge in [-0.25, -0.2) is 4.79 Å². The predicted molar refractivity (Wildman–Crippen MR) is 108 cm³/mol. The van der Waals surface area contributed by atoms with Gasteiger partial charge in [0, 0.05) is 12.7 Å². The van der Waals surface area contributed by atoms with Gasteiger partial charge < -0.3 is 14.6 Å². The fourth-order valence-corrected chi connectivity index (χ4v) is 3.21. The van der Waals surface area contributed by atoms with Crippen LogP contribution in [-0.4, -0.2) is 15.9 Å². The second-order valence-electron chi connectivity index (χ2n) is 6.55. The molecule has 0 unspecified atom stereocenters. The molecule has 0 fully saturated rings. The Bertz CT molecular complexity index is 1040. The Morgan fingerprint density at radius 3 is 2.61 bits per heavy atom. The van der Waals surface area contributed by atoms with Crippen LogP contribution in [0.15, 0.2) is 89.7 Å². The van der Waals surface area contributed by atoms with Crippen molar-refractivity contribution in [1.82, 2.24) is 15.2 Å². The molecule has 0 saturated heterocycles. The molecule has 2 aromatic carbocycles. The second-order valence-corrected chi connectivity index (χ2v) is 6.55. The van der Waals surface area contributed by atoms with Gasteiger partial charge in [-0.05, 0) is 40.6 Å². The molecule has 0 aliphatic rings. The third kappa shape index (κ3) is 4.20. The number of fused-ring (bicyclic) bond motifs is 1. The highest BCUT2D eigenvalue weighted by Gasteiger charge is 2.16. The van der Waals surface area contributed by atoms with Crippen LogP contribution >= 0.6 is 0 Å². The van der Waals surface area contributed by atoms with Crippen LogP contribution in [0.25, 0.3) is 10.8 Å². The van der Waals surface area contributed by atoms with Gasteiger partial charge in [0.1, 0.15) is 5.76 Å². The molecule has 2 heterocycles. The average molecular weight is 371 g/mol. The molecule has 5 nitrogen and oxygen atoms in total. The van der Waals surface area contributed by atoms with Crippen molar-refractivity contribution in [2.45, 2.75) is 19.6 Å². The average Bonchev–Trinajstić information content (AvgIpc) is 3.25. The second kappa shape index (κ2) is 8.39. The molecule has 2 amide bonds. The summed E-state index contributed by atoms with van der Waals surface area (Å²) in [6.07, 6.45) is 3.34. The predicted octanol–water partition coefficient (Wildman–Crippen LogP) is 4.74. The molecule has 0 aliphatic heterocycles. The van der Waals surface area contributed by atoms with E-state index in [9.17, 15) is 4.79 Å². The minimum Gasteiger partial charge on any atom is -0.467 e. The van der Waals surface area contributed by atoms with Gasteiger partial charge in [-0.15, -0.1) is 0 Å². The van der Waals surface area contributed by atoms with Gasteiger partial charge in [0.15, 0.2) is 0 Å². The van der Waals surface area contributed by atoms with Crippen molar-refractivity contribution in [2.24, 2.45) is 0 Å². The molecule has 1 N–H and O–H groups in total. The molecule has 0 spiro atoms. The van der Waals surface area contributed by atoms with Crippen LogP contribution in [0.3, 0.4) is 0 Å². The molecule has 4 rings (SSSR count). The van der Waals surface area contributed by atoms with Gasteiger partial charge in [-0.1, -0.05) is 48.5 Å². The van der Waals surface area contributed by atoms with Crippen molar-refractivity contribution in [1.29, 1.82) is 0 Å². The Labute approximate surface area is 163 Å². The number of amides is 2. The van der Waals surface area contributed by atoms with Crippen molar-refractivity contribution in [3.63, 3.8) is 0 Å². The van der Waals surface area contributed by atoms with Crippen molar-refractivity contribution in [2.75, 3.05) is 0 Å². The lowest BCUT2D eigenvalue weighted by Gasteiger charge is -2.22. The summed E-state index contributed by atoms with van der Waals surface area (Å²) in [7, 11) is 0. The molecule has 0 radical (unpaired) electrons. The summed E-state index contributed by atoms with van der Waals surface area (Å²) in [6, 6.07) is 23.5. The molecule has 28 heavy (non-hydrogen) atoms. The normalized spacial score (nSPS) is 10.7. The third-order valence-corrected chi connectivity index (χ3v) is 4.60. The zero-order chi connectivity index (χ0) is 19.2. The molecular weight excluding hydrogens is 350 g/mol. The van der Waals surface area contributed by atoms with Gasteiger partial charge in [-0.2, -0.15) is 0 Å². The number of hydrogen-bond donors (Lipinski definition) is 1. The highest BCUT2D eigenvalue weighted by molar-refractivity contribution is 5.86. The highest BCUT2D eigenvalue weighted by atomic mass is 16.3. The molecule has 4 aromatic rings. The molecule has 0 saturated carbocycles. The number of pyridine rings is 1. The zero-order valence-electron chi connectivity index (χ0n) is 15.4. The van der Waals surface area contributed by atoms with Gasteiger partial charge in [0.2, 0.25) is 0 Å². The van der Waals surface area contributed by atoms with E-state index in [4.69, 9.17) is 4.42 Å². The Kier molecular flexibility index (Phi) is 5.33. The number of hydrogen-bond acceptors (Lipinski definition) is 3. The first-order valence-electron chi connectivity index (χ1n) is 9.21. The fraction of sp³-hybridized carbons (Fsp3) is 0.130. The first kappa shape index (κ1) is 17.8. The van der Waals surface area contributed by atoms with Crippen molar-refractivity contribution < 1.29 is 9.21 Å². The number of carbonyl (C=O) groups excluding carboxylic acids is 1. The molecule has 0 atom stereocenters. The topological polar surface area (TPSA) is 58.4 Å². The first-order valence-corrected chi connectivity index (χ1v) is 9.21. The molecule has 5 heteroatoms. The van der Waals surface area contributed by atoms with Crippen molar-refractivity contribution >= 4 is 16.8 Å². The third-order valence-electron chi connectivity index (χ3n) is 4.60. The summed E-state index contributed by atoms with van der Waals surface area (Å²) < 4.78 is 5.43. The van der Waals surface area contributed by atoms with Gasteiger partial charge >= 0.3 is 6.03 Å². The fourth-order valence-electron chi connectivity index (χ4n) is 3.21. The quantitative estimate of drug-likeness (QED) is 0.533. The van der Waals surface area contributed by atoms with Crippen LogP contribution in [-0.2, 0) is 19.6 Å². The summed E-state index contributed by atoms with van der Waals surface area (Å²) in [5, 5.41) is 5.35. The number of urea groups is 1. The van der Waals surface area contributed by atoms with Gasteiger partial charge in [0.05, 0.1) is 25.0 Å². The van der Waals surface area contributed by atoms with Crippen LogP contribution in [0.5, 0.6) is 0 Å². The van der Waals surface area contributed by atoms with E-state index in [1.54, 1.807) is 17.4 Å². The highest BCUT2D eigenvalue weighted by Crippen LogP contribution is 2.18.